The Balaban J connectivity index is 2.16. The van der Waals surface area contributed by atoms with E-state index in [0.717, 1.165) is 4.70 Å². The van der Waals surface area contributed by atoms with Gasteiger partial charge in [-0.25, -0.2) is 0 Å². The van der Waals surface area contributed by atoms with Crippen LogP contribution < -0.4 is 14.3 Å². The third-order valence-electron chi connectivity index (χ3n) is 4.23. The average molecular weight is 417 g/mol. The Kier molecular flexibility index (Phi) is 6.25. The number of hydrogen-bond donors (Lipinski definition) is 0. The fourth-order valence-electron chi connectivity index (χ4n) is 2.86. The molecule has 0 aliphatic heterocycles. The van der Waals surface area contributed by atoms with E-state index in [1.807, 2.05) is 0 Å². The Morgan fingerprint density at radius 3 is 2.66 bits per heavy atom. The summed E-state index contributed by atoms with van der Waals surface area (Å²) in [5.41, 5.74) is 0.841. The van der Waals surface area contributed by atoms with Crippen LogP contribution in [-0.2, 0) is 11.3 Å². The largest absolute Gasteiger partial charge is 0.493 e. The third-order valence-corrected chi connectivity index (χ3v) is 5.29. The summed E-state index contributed by atoms with van der Waals surface area (Å²) in [5.74, 6) is 0.213. The molecule has 1 heterocycles. The molecule has 1 amide bonds. The highest BCUT2D eigenvalue weighted by Gasteiger charge is 2.17. The summed E-state index contributed by atoms with van der Waals surface area (Å²) in [5, 5.41) is 11.1. The normalized spacial score (nSPS) is 11.6. The lowest BCUT2D eigenvalue weighted by molar-refractivity contribution is -0.384. The number of methoxy groups -OCH3 is 3. The average Bonchev–Trinajstić information content (AvgIpc) is 3.07. The summed E-state index contributed by atoms with van der Waals surface area (Å²) in [6.07, 6.45) is 0. The maximum absolute atomic E-state index is 12.9. The number of fused-ring (bicyclic) bond motifs is 1. The molecule has 0 aliphatic carbocycles. The molecule has 3 aromatic rings. The number of ether oxygens (including phenoxy) is 3. The summed E-state index contributed by atoms with van der Waals surface area (Å²) in [4.78, 5) is 28.2. The van der Waals surface area contributed by atoms with E-state index < -0.39 is 10.8 Å². The Labute approximate surface area is 169 Å². The van der Waals surface area contributed by atoms with Crippen LogP contribution in [0, 0.1) is 10.1 Å². The Morgan fingerprint density at radius 2 is 2.00 bits per heavy atom. The number of nitrogens with zero attached hydrogens (tertiary/aromatic N) is 3. The number of amides is 1. The minimum atomic E-state index is -0.507. The molecule has 3 rings (SSSR count). The van der Waals surface area contributed by atoms with Crippen LogP contribution in [0.25, 0.3) is 10.2 Å². The number of hydrogen-bond acceptors (Lipinski definition) is 7. The SMILES string of the molecule is COCCn1c(=NC(=O)c2cccc(OC)c2OC)sc2ccc([N+](=O)[O-])cc21. The van der Waals surface area contributed by atoms with Gasteiger partial charge in [0.2, 0.25) is 0 Å². The number of benzene rings is 2. The van der Waals surface area contributed by atoms with Crippen molar-refractivity contribution in [2.75, 3.05) is 27.9 Å². The number of non-ortho nitro benzene ring substituents is 1. The molecule has 0 radical (unpaired) electrons. The highest BCUT2D eigenvalue weighted by Crippen LogP contribution is 2.31. The molecule has 10 heteroatoms. The van der Waals surface area contributed by atoms with Crippen LogP contribution >= 0.6 is 11.3 Å². The van der Waals surface area contributed by atoms with Gasteiger partial charge in [0, 0.05) is 25.8 Å². The molecule has 0 atom stereocenters. The van der Waals surface area contributed by atoms with Crippen LogP contribution in [0.4, 0.5) is 5.69 Å². The van der Waals surface area contributed by atoms with E-state index in [2.05, 4.69) is 4.99 Å². The number of aromatic nitrogens is 1. The number of nitro groups is 1. The van der Waals surface area contributed by atoms with Gasteiger partial charge in [-0.15, -0.1) is 0 Å². The zero-order valence-electron chi connectivity index (χ0n) is 16.1. The molecule has 0 aliphatic rings. The first-order valence-corrected chi connectivity index (χ1v) is 9.38. The Morgan fingerprint density at radius 1 is 1.21 bits per heavy atom. The van der Waals surface area contributed by atoms with Crippen molar-refractivity contribution in [1.82, 2.24) is 4.57 Å². The molecule has 0 saturated carbocycles. The molecule has 29 heavy (non-hydrogen) atoms. The molecule has 152 valence electrons. The van der Waals surface area contributed by atoms with Crippen LogP contribution in [0.5, 0.6) is 11.5 Å². The first-order chi connectivity index (χ1) is 14.0. The van der Waals surface area contributed by atoms with Gasteiger partial charge in [-0.1, -0.05) is 17.4 Å². The zero-order valence-corrected chi connectivity index (χ0v) is 16.9. The first-order valence-electron chi connectivity index (χ1n) is 8.57. The first kappa shape index (κ1) is 20.5. The van der Waals surface area contributed by atoms with Gasteiger partial charge in [0.1, 0.15) is 0 Å². The number of para-hydroxylation sites is 1. The van der Waals surface area contributed by atoms with E-state index >= 15 is 0 Å². The van der Waals surface area contributed by atoms with E-state index in [-0.39, 0.29) is 11.3 Å². The molecule has 0 saturated heterocycles. The standard InChI is InChI=1S/C19H19N3O6S/c1-26-10-9-21-14-11-12(22(24)25)7-8-16(14)29-19(21)20-18(23)13-5-4-6-15(27-2)17(13)28-3/h4-8,11H,9-10H2,1-3H3. The van der Waals surface area contributed by atoms with Gasteiger partial charge in [-0.3, -0.25) is 14.9 Å². The fourth-order valence-corrected chi connectivity index (χ4v) is 3.89. The second kappa shape index (κ2) is 8.84. The number of nitro benzene ring substituents is 1. The van der Waals surface area contributed by atoms with Gasteiger partial charge in [-0.2, -0.15) is 4.99 Å². The monoisotopic (exact) mass is 417 g/mol. The van der Waals surface area contributed by atoms with E-state index in [9.17, 15) is 14.9 Å². The van der Waals surface area contributed by atoms with Gasteiger partial charge in [-0.05, 0) is 18.2 Å². The van der Waals surface area contributed by atoms with Crippen molar-refractivity contribution in [1.29, 1.82) is 0 Å². The summed E-state index contributed by atoms with van der Waals surface area (Å²) in [6.45, 7) is 0.747. The molecular weight excluding hydrogens is 398 g/mol. The maximum atomic E-state index is 12.9. The molecule has 2 aromatic carbocycles. The smallest absolute Gasteiger partial charge is 0.283 e. The molecule has 0 fully saturated rings. The van der Waals surface area contributed by atoms with Crippen LogP contribution in [0.15, 0.2) is 41.4 Å². The molecule has 1 aromatic heterocycles. The Bertz CT molecular complexity index is 1130. The molecule has 0 unspecified atom stereocenters. The lowest BCUT2D eigenvalue weighted by Gasteiger charge is -2.10. The van der Waals surface area contributed by atoms with Crippen molar-refractivity contribution < 1.29 is 23.9 Å². The van der Waals surface area contributed by atoms with E-state index in [1.54, 1.807) is 35.9 Å². The van der Waals surface area contributed by atoms with Crippen LogP contribution in [0.1, 0.15) is 10.4 Å². The van der Waals surface area contributed by atoms with Crippen LogP contribution in [0.2, 0.25) is 0 Å². The number of rotatable bonds is 7. The highest BCUT2D eigenvalue weighted by atomic mass is 32.1. The lowest BCUT2D eigenvalue weighted by atomic mass is 10.2. The van der Waals surface area contributed by atoms with E-state index in [4.69, 9.17) is 14.2 Å². The van der Waals surface area contributed by atoms with Crippen molar-refractivity contribution in [2.24, 2.45) is 4.99 Å². The second-order valence-corrected chi connectivity index (χ2v) is 6.91. The van der Waals surface area contributed by atoms with Crippen molar-refractivity contribution in [3.05, 3.63) is 56.9 Å². The quantitative estimate of drug-likeness (QED) is 0.432. The van der Waals surface area contributed by atoms with Gasteiger partial charge in [0.25, 0.3) is 11.6 Å². The molecular formula is C19H19N3O6S. The second-order valence-electron chi connectivity index (χ2n) is 5.90. The van der Waals surface area contributed by atoms with Crippen LogP contribution in [0.3, 0.4) is 0 Å². The van der Waals surface area contributed by atoms with Crippen molar-refractivity contribution in [3.8, 4) is 11.5 Å². The van der Waals surface area contributed by atoms with Crippen LogP contribution in [-0.4, -0.2) is 43.3 Å². The summed E-state index contributed by atoms with van der Waals surface area (Å²) < 4.78 is 18.2. The van der Waals surface area contributed by atoms with Crippen molar-refractivity contribution >= 4 is 33.1 Å². The topological polar surface area (TPSA) is 105 Å². The predicted octanol–water partition coefficient (Wildman–Crippen LogP) is 3.02. The third kappa shape index (κ3) is 4.13. The minimum Gasteiger partial charge on any atom is -0.493 e. The van der Waals surface area contributed by atoms with Crippen molar-refractivity contribution in [3.63, 3.8) is 0 Å². The minimum absolute atomic E-state index is 0.0335. The van der Waals surface area contributed by atoms with Gasteiger partial charge in [0.15, 0.2) is 16.3 Å². The number of carbonyl (C=O) groups is 1. The van der Waals surface area contributed by atoms with Crippen molar-refractivity contribution in [2.45, 2.75) is 6.54 Å². The molecule has 0 spiro atoms. The summed E-state index contributed by atoms with van der Waals surface area (Å²) in [7, 11) is 4.49. The number of thiazole rings is 1. The van der Waals surface area contributed by atoms with E-state index in [1.165, 1.54) is 37.7 Å². The molecule has 9 nitrogen and oxygen atoms in total. The summed E-state index contributed by atoms with van der Waals surface area (Å²) in [6, 6.07) is 9.51. The van der Waals surface area contributed by atoms with E-state index in [0.29, 0.717) is 35.0 Å². The fraction of sp³-hybridized carbons (Fsp3) is 0.263. The number of carbonyl (C=O) groups excluding carboxylic acids is 1. The Hall–Kier alpha value is -3.24. The van der Waals surface area contributed by atoms with Gasteiger partial charge < -0.3 is 18.8 Å². The molecule has 0 bridgehead atoms. The van der Waals surface area contributed by atoms with Gasteiger partial charge >= 0.3 is 0 Å². The van der Waals surface area contributed by atoms with Gasteiger partial charge in [0.05, 0.1) is 41.5 Å². The predicted molar refractivity (Wildman–Crippen MR) is 108 cm³/mol. The maximum Gasteiger partial charge on any atom is 0.283 e. The summed E-state index contributed by atoms with van der Waals surface area (Å²) >= 11 is 1.27. The zero-order chi connectivity index (χ0) is 21.0. The molecule has 0 N–H and O–H groups in total. The lowest BCUT2D eigenvalue weighted by Crippen LogP contribution is -2.19. The highest BCUT2D eigenvalue weighted by molar-refractivity contribution is 7.16.